The van der Waals surface area contributed by atoms with Crippen molar-refractivity contribution in [3.05, 3.63) is 47.0 Å². The van der Waals surface area contributed by atoms with Crippen molar-refractivity contribution in [1.29, 1.82) is 0 Å². The molecule has 3 aromatic heterocycles. The van der Waals surface area contributed by atoms with Gasteiger partial charge in [-0.3, -0.25) is 4.79 Å². The van der Waals surface area contributed by atoms with Gasteiger partial charge in [0.15, 0.2) is 5.13 Å². The molecule has 0 saturated carbocycles. The van der Waals surface area contributed by atoms with Crippen molar-refractivity contribution in [2.24, 2.45) is 0 Å². The summed E-state index contributed by atoms with van der Waals surface area (Å²) >= 11 is 3.23. The van der Waals surface area contributed by atoms with Gasteiger partial charge in [0.25, 0.3) is 5.91 Å². The number of aromatic nitrogens is 2. The Morgan fingerprint density at radius 3 is 2.70 bits per heavy atom. The Hall–Kier alpha value is -2.38. The lowest BCUT2D eigenvalue weighted by Gasteiger charge is -2.31. The highest BCUT2D eigenvalue weighted by Crippen LogP contribution is 2.37. The van der Waals surface area contributed by atoms with Crippen LogP contribution in [-0.2, 0) is 0 Å². The van der Waals surface area contributed by atoms with Gasteiger partial charge in [0.1, 0.15) is 4.83 Å². The van der Waals surface area contributed by atoms with Crippen LogP contribution >= 0.6 is 22.7 Å². The minimum absolute atomic E-state index is 0.159. The van der Waals surface area contributed by atoms with E-state index in [0.29, 0.717) is 5.92 Å². The zero-order chi connectivity index (χ0) is 20.7. The molecular weight excluding hydrogens is 412 g/mol. The van der Waals surface area contributed by atoms with Gasteiger partial charge in [0.2, 0.25) is 0 Å². The largest absolute Gasteiger partial charge is 0.361 e. The molecule has 156 valence electrons. The number of likely N-dealkylation sites (tertiary alicyclic amines) is 1. The first-order valence-corrected chi connectivity index (χ1v) is 12.3. The van der Waals surface area contributed by atoms with E-state index in [1.165, 1.54) is 27.8 Å². The number of rotatable bonds is 5. The van der Waals surface area contributed by atoms with Crippen molar-refractivity contribution in [2.75, 3.05) is 31.1 Å². The minimum Gasteiger partial charge on any atom is -0.361 e. The van der Waals surface area contributed by atoms with Gasteiger partial charge in [-0.25, -0.2) is 4.98 Å². The standard InChI is InChI=1S/C23H26N4OS2/c1-3-26(4-2)23-25-21-19(30-23)13-20(29-21)22(28)27-11-9-15(10-12-27)17-14-24-18-8-6-5-7-16(17)18/h5-8,13-15,24H,3-4,9-12H2,1-2H3. The van der Waals surface area contributed by atoms with Crippen molar-refractivity contribution in [3.63, 3.8) is 0 Å². The van der Waals surface area contributed by atoms with Crippen LogP contribution in [0.3, 0.4) is 0 Å². The quantitative estimate of drug-likeness (QED) is 0.434. The van der Waals surface area contributed by atoms with Crippen molar-refractivity contribution < 1.29 is 4.79 Å². The number of nitrogens with one attached hydrogen (secondary N) is 1. The number of anilines is 1. The Bertz CT molecular complexity index is 1150. The molecule has 4 heterocycles. The van der Waals surface area contributed by atoms with Crippen molar-refractivity contribution in [1.82, 2.24) is 14.9 Å². The molecule has 0 bridgehead atoms. The predicted octanol–water partition coefficient (Wildman–Crippen LogP) is 5.71. The van der Waals surface area contributed by atoms with E-state index in [-0.39, 0.29) is 5.91 Å². The van der Waals surface area contributed by atoms with Crippen LogP contribution in [0.15, 0.2) is 36.5 Å². The van der Waals surface area contributed by atoms with Crippen molar-refractivity contribution in [3.8, 4) is 0 Å². The maximum absolute atomic E-state index is 13.1. The summed E-state index contributed by atoms with van der Waals surface area (Å²) in [4.78, 5) is 27.3. The number of fused-ring (bicyclic) bond motifs is 2. The summed E-state index contributed by atoms with van der Waals surface area (Å²) in [6.45, 7) is 7.82. The lowest BCUT2D eigenvalue weighted by Crippen LogP contribution is -2.37. The molecule has 30 heavy (non-hydrogen) atoms. The van der Waals surface area contributed by atoms with Gasteiger partial charge in [-0.05, 0) is 50.3 Å². The van der Waals surface area contributed by atoms with Gasteiger partial charge < -0.3 is 14.8 Å². The smallest absolute Gasteiger partial charge is 0.264 e. The summed E-state index contributed by atoms with van der Waals surface area (Å²) in [5.74, 6) is 0.669. The average Bonchev–Trinajstić information content (AvgIpc) is 3.47. The van der Waals surface area contributed by atoms with Gasteiger partial charge in [0.05, 0.1) is 9.58 Å². The summed E-state index contributed by atoms with van der Waals surface area (Å²) in [5.41, 5.74) is 2.59. The van der Waals surface area contributed by atoms with E-state index in [2.05, 4.69) is 54.2 Å². The highest BCUT2D eigenvalue weighted by Gasteiger charge is 2.27. The molecule has 4 aromatic rings. The predicted molar refractivity (Wildman–Crippen MR) is 127 cm³/mol. The van der Waals surface area contributed by atoms with Crippen molar-refractivity contribution >= 4 is 54.1 Å². The first-order chi connectivity index (χ1) is 14.7. The molecule has 7 heteroatoms. The van der Waals surface area contributed by atoms with E-state index < -0.39 is 0 Å². The van der Waals surface area contributed by atoms with Crippen LogP contribution < -0.4 is 4.90 Å². The van der Waals surface area contributed by atoms with E-state index in [1.807, 2.05) is 11.0 Å². The minimum atomic E-state index is 0.159. The Morgan fingerprint density at radius 1 is 1.20 bits per heavy atom. The number of carbonyl (C=O) groups excluding carboxylic acids is 1. The second-order valence-electron chi connectivity index (χ2n) is 7.80. The molecule has 1 aromatic carbocycles. The van der Waals surface area contributed by atoms with Gasteiger partial charge in [-0.15, -0.1) is 11.3 Å². The fourth-order valence-corrected chi connectivity index (χ4v) is 6.75. The number of hydrogen-bond donors (Lipinski definition) is 1. The first-order valence-electron chi connectivity index (χ1n) is 10.7. The molecule has 1 N–H and O–H groups in total. The Labute approximate surface area is 184 Å². The van der Waals surface area contributed by atoms with Crippen LogP contribution in [0.2, 0.25) is 0 Å². The number of aromatic amines is 1. The Kier molecular flexibility index (Phi) is 5.25. The maximum atomic E-state index is 13.1. The van der Waals surface area contributed by atoms with Gasteiger partial charge in [-0.2, -0.15) is 0 Å². The highest BCUT2D eigenvalue weighted by molar-refractivity contribution is 7.29. The van der Waals surface area contributed by atoms with Crippen LogP contribution in [0.1, 0.15) is 47.8 Å². The third-order valence-electron chi connectivity index (χ3n) is 6.17. The fourth-order valence-electron chi connectivity index (χ4n) is 4.44. The molecule has 1 amide bonds. The van der Waals surface area contributed by atoms with E-state index in [0.717, 1.165) is 58.6 Å². The van der Waals surface area contributed by atoms with Crippen LogP contribution in [0.5, 0.6) is 0 Å². The second-order valence-corrected chi connectivity index (χ2v) is 9.84. The number of para-hydroxylation sites is 1. The molecule has 0 atom stereocenters. The van der Waals surface area contributed by atoms with Crippen LogP contribution in [0.4, 0.5) is 5.13 Å². The topological polar surface area (TPSA) is 52.2 Å². The monoisotopic (exact) mass is 438 g/mol. The van der Waals surface area contributed by atoms with Gasteiger partial charge in [0, 0.05) is 43.3 Å². The molecular formula is C23H26N4OS2. The molecule has 0 unspecified atom stereocenters. The number of thiophene rings is 1. The van der Waals surface area contributed by atoms with Crippen LogP contribution in [0, 0.1) is 0 Å². The summed E-state index contributed by atoms with van der Waals surface area (Å²) in [5, 5.41) is 2.37. The summed E-state index contributed by atoms with van der Waals surface area (Å²) in [7, 11) is 0. The van der Waals surface area contributed by atoms with Crippen molar-refractivity contribution in [2.45, 2.75) is 32.6 Å². The van der Waals surface area contributed by atoms with E-state index in [4.69, 9.17) is 4.98 Å². The molecule has 0 spiro atoms. The molecule has 1 saturated heterocycles. The lowest BCUT2D eigenvalue weighted by atomic mass is 9.89. The fraction of sp³-hybridized carbons (Fsp3) is 0.391. The lowest BCUT2D eigenvalue weighted by molar-refractivity contribution is 0.0718. The van der Waals surface area contributed by atoms with E-state index in [9.17, 15) is 4.79 Å². The summed E-state index contributed by atoms with van der Waals surface area (Å²) in [6.07, 6.45) is 4.18. The zero-order valence-electron chi connectivity index (χ0n) is 17.4. The molecule has 1 aliphatic rings. The molecule has 5 rings (SSSR count). The number of carbonyl (C=O) groups is 1. The summed E-state index contributed by atoms with van der Waals surface area (Å²) < 4.78 is 1.12. The third-order valence-corrected chi connectivity index (χ3v) is 8.38. The van der Waals surface area contributed by atoms with Gasteiger partial charge >= 0.3 is 0 Å². The number of benzene rings is 1. The zero-order valence-corrected chi connectivity index (χ0v) is 19.0. The molecule has 5 nitrogen and oxygen atoms in total. The number of hydrogen-bond acceptors (Lipinski definition) is 5. The molecule has 0 radical (unpaired) electrons. The normalized spacial score (nSPS) is 15.3. The van der Waals surface area contributed by atoms with E-state index in [1.54, 1.807) is 11.3 Å². The van der Waals surface area contributed by atoms with E-state index >= 15 is 0 Å². The highest BCUT2D eigenvalue weighted by atomic mass is 32.1. The number of piperidine rings is 1. The number of nitrogens with zero attached hydrogens (tertiary/aromatic N) is 3. The van der Waals surface area contributed by atoms with Crippen LogP contribution in [-0.4, -0.2) is 47.0 Å². The molecule has 1 fully saturated rings. The molecule has 0 aliphatic carbocycles. The maximum Gasteiger partial charge on any atom is 0.264 e. The Balaban J connectivity index is 1.28. The second kappa shape index (κ2) is 8.04. The number of H-pyrrole nitrogens is 1. The Morgan fingerprint density at radius 2 is 1.97 bits per heavy atom. The number of thiazole rings is 1. The van der Waals surface area contributed by atoms with Gasteiger partial charge in [-0.1, -0.05) is 29.5 Å². The first kappa shape index (κ1) is 19.6. The average molecular weight is 439 g/mol. The SMILES string of the molecule is CCN(CC)c1nc2sc(C(=O)N3CCC(c4c[nH]c5ccccc45)CC3)cc2s1. The number of amides is 1. The van der Waals surface area contributed by atoms with Crippen LogP contribution in [0.25, 0.3) is 20.4 Å². The molecule has 1 aliphatic heterocycles. The summed E-state index contributed by atoms with van der Waals surface area (Å²) in [6, 6.07) is 10.5. The third kappa shape index (κ3) is 3.40.